The fraction of sp³-hybridized carbons (Fsp3) is 0.409. The summed E-state index contributed by atoms with van der Waals surface area (Å²) in [5.41, 5.74) is 4.98. The van der Waals surface area contributed by atoms with Crippen LogP contribution in [0.5, 0.6) is 0 Å². The maximum Gasteiger partial charge on any atom is 0.137 e. The van der Waals surface area contributed by atoms with Crippen molar-refractivity contribution in [2.75, 3.05) is 45.4 Å². The van der Waals surface area contributed by atoms with E-state index in [1.54, 1.807) is 0 Å². The van der Waals surface area contributed by atoms with Gasteiger partial charge in [-0.2, -0.15) is 0 Å². The minimum absolute atomic E-state index is 0.763. The molecule has 0 fully saturated rings. The average molecular weight is 351 g/mol. The number of amidine groups is 1. The summed E-state index contributed by atoms with van der Waals surface area (Å²) < 4.78 is 0. The minimum Gasteiger partial charge on any atom is -0.313 e. The highest BCUT2D eigenvalue weighted by Crippen LogP contribution is 2.24. The highest BCUT2D eigenvalue weighted by Gasteiger charge is 2.23. The van der Waals surface area contributed by atoms with Gasteiger partial charge in [-0.1, -0.05) is 36.4 Å². The molecule has 0 amide bonds. The molecule has 0 N–H and O–H groups in total. The van der Waals surface area contributed by atoms with Gasteiger partial charge < -0.3 is 9.80 Å². The molecule has 0 aliphatic carbocycles. The topological polar surface area (TPSA) is 22.1 Å². The van der Waals surface area contributed by atoms with Crippen LogP contribution in [0.1, 0.15) is 23.1 Å². The number of aryl methyl sites for hydroxylation is 2. The lowest BCUT2D eigenvalue weighted by atomic mass is 10.1. The molecule has 0 aromatic heterocycles. The van der Waals surface area contributed by atoms with Crippen molar-refractivity contribution in [3.8, 4) is 0 Å². The van der Waals surface area contributed by atoms with Crippen LogP contribution < -0.4 is 4.90 Å². The lowest BCUT2D eigenvalue weighted by molar-refractivity contribution is 0.261. The van der Waals surface area contributed by atoms with E-state index in [0.717, 1.165) is 38.7 Å². The highest BCUT2D eigenvalue weighted by atomic mass is 15.4. The van der Waals surface area contributed by atoms with Gasteiger partial charge >= 0.3 is 0 Å². The molecule has 26 heavy (non-hydrogen) atoms. The van der Waals surface area contributed by atoms with E-state index in [-0.39, 0.29) is 0 Å². The largest absolute Gasteiger partial charge is 0.313 e. The van der Waals surface area contributed by atoms with E-state index in [1.165, 1.54) is 22.4 Å². The Balaban J connectivity index is 1.87. The van der Waals surface area contributed by atoms with E-state index in [9.17, 15) is 0 Å². The van der Waals surface area contributed by atoms with Crippen molar-refractivity contribution in [2.24, 2.45) is 4.99 Å². The SMILES string of the molecule is Cc1cc(C)cc(N2CN(CCCN(C)C)CN=C2c2ccccc2)c1. The fourth-order valence-electron chi connectivity index (χ4n) is 3.46. The molecule has 0 radical (unpaired) electrons. The van der Waals surface area contributed by atoms with Crippen molar-refractivity contribution in [3.05, 3.63) is 65.2 Å². The smallest absolute Gasteiger partial charge is 0.137 e. The molecule has 0 saturated carbocycles. The quantitative estimate of drug-likeness (QED) is 0.792. The Morgan fingerprint density at radius 2 is 1.69 bits per heavy atom. The van der Waals surface area contributed by atoms with Gasteiger partial charge in [-0.05, 0) is 64.2 Å². The minimum atomic E-state index is 0.763. The normalized spacial score (nSPS) is 15.4. The van der Waals surface area contributed by atoms with Crippen LogP contribution in [-0.2, 0) is 0 Å². The fourth-order valence-corrected chi connectivity index (χ4v) is 3.46. The van der Waals surface area contributed by atoms with Crippen LogP contribution in [0.2, 0.25) is 0 Å². The maximum absolute atomic E-state index is 4.95. The molecule has 138 valence electrons. The third kappa shape index (κ3) is 4.71. The second kappa shape index (κ2) is 8.47. The molecule has 0 unspecified atom stereocenters. The first-order chi connectivity index (χ1) is 12.5. The lowest BCUT2D eigenvalue weighted by Gasteiger charge is -2.37. The second-order valence-corrected chi connectivity index (χ2v) is 7.46. The standard InChI is InChI=1S/C22H30N4/c1-18-13-19(2)15-21(14-18)26-17-25(12-8-11-24(3)4)16-23-22(26)20-9-6-5-7-10-20/h5-7,9-10,13-15H,8,11-12,16-17H2,1-4H3. The van der Waals surface area contributed by atoms with Gasteiger partial charge in [0.05, 0.1) is 13.3 Å². The molecule has 1 aliphatic heterocycles. The summed E-state index contributed by atoms with van der Waals surface area (Å²) in [6, 6.07) is 17.3. The molecular weight excluding hydrogens is 320 g/mol. The Labute approximate surface area is 157 Å². The van der Waals surface area contributed by atoms with E-state index < -0.39 is 0 Å². The van der Waals surface area contributed by atoms with Gasteiger partial charge in [-0.25, -0.2) is 0 Å². The Kier molecular flexibility index (Phi) is 6.07. The van der Waals surface area contributed by atoms with Crippen molar-refractivity contribution >= 4 is 11.5 Å². The van der Waals surface area contributed by atoms with Gasteiger partial charge in [0.2, 0.25) is 0 Å². The molecule has 0 saturated heterocycles. The van der Waals surface area contributed by atoms with Gasteiger partial charge in [0, 0.05) is 17.8 Å². The summed E-state index contributed by atoms with van der Waals surface area (Å²) in [7, 11) is 4.26. The number of hydrogen-bond acceptors (Lipinski definition) is 4. The molecule has 3 rings (SSSR count). The van der Waals surface area contributed by atoms with Gasteiger partial charge in [0.25, 0.3) is 0 Å². The average Bonchev–Trinajstić information content (AvgIpc) is 2.61. The number of aliphatic imine (C=N–C) groups is 1. The number of rotatable bonds is 6. The molecule has 2 aromatic carbocycles. The summed E-state index contributed by atoms with van der Waals surface area (Å²) in [5, 5.41) is 0. The Hall–Kier alpha value is -2.17. The molecule has 1 heterocycles. The second-order valence-electron chi connectivity index (χ2n) is 7.46. The Morgan fingerprint density at radius 1 is 1.00 bits per heavy atom. The van der Waals surface area contributed by atoms with Gasteiger partial charge in [-0.15, -0.1) is 0 Å². The number of benzene rings is 2. The predicted molar refractivity (Wildman–Crippen MR) is 111 cm³/mol. The molecule has 0 bridgehead atoms. The highest BCUT2D eigenvalue weighted by molar-refractivity contribution is 6.10. The first kappa shape index (κ1) is 18.6. The number of hydrogen-bond donors (Lipinski definition) is 0. The first-order valence-electron chi connectivity index (χ1n) is 9.36. The van der Waals surface area contributed by atoms with Crippen LogP contribution in [0, 0.1) is 13.8 Å². The summed E-state index contributed by atoms with van der Waals surface area (Å²) in [4.78, 5) is 12.0. The van der Waals surface area contributed by atoms with Crippen molar-refractivity contribution in [1.82, 2.24) is 9.80 Å². The molecule has 1 aliphatic rings. The monoisotopic (exact) mass is 350 g/mol. The Morgan fingerprint density at radius 3 is 2.35 bits per heavy atom. The summed E-state index contributed by atoms with van der Waals surface area (Å²) >= 11 is 0. The molecule has 0 spiro atoms. The molecule has 4 nitrogen and oxygen atoms in total. The zero-order chi connectivity index (χ0) is 18.5. The van der Waals surface area contributed by atoms with Crippen molar-refractivity contribution in [2.45, 2.75) is 20.3 Å². The third-order valence-electron chi connectivity index (χ3n) is 4.65. The van der Waals surface area contributed by atoms with E-state index in [4.69, 9.17) is 4.99 Å². The lowest BCUT2D eigenvalue weighted by Crippen LogP contribution is -2.47. The maximum atomic E-state index is 4.95. The van der Waals surface area contributed by atoms with E-state index in [1.807, 2.05) is 0 Å². The van der Waals surface area contributed by atoms with E-state index >= 15 is 0 Å². The van der Waals surface area contributed by atoms with Crippen molar-refractivity contribution < 1.29 is 0 Å². The Bertz CT molecular complexity index is 732. The zero-order valence-electron chi connectivity index (χ0n) is 16.4. The summed E-state index contributed by atoms with van der Waals surface area (Å²) in [6.07, 6.45) is 1.16. The number of anilines is 1. The van der Waals surface area contributed by atoms with Crippen LogP contribution in [0.3, 0.4) is 0 Å². The zero-order valence-corrected chi connectivity index (χ0v) is 16.4. The van der Waals surface area contributed by atoms with Crippen LogP contribution in [0.4, 0.5) is 5.69 Å². The molecular formula is C22H30N4. The van der Waals surface area contributed by atoms with Gasteiger partial charge in [0.15, 0.2) is 0 Å². The first-order valence-corrected chi connectivity index (χ1v) is 9.36. The van der Waals surface area contributed by atoms with Crippen LogP contribution in [-0.4, -0.2) is 56.2 Å². The van der Waals surface area contributed by atoms with Crippen LogP contribution >= 0.6 is 0 Å². The third-order valence-corrected chi connectivity index (χ3v) is 4.65. The predicted octanol–water partition coefficient (Wildman–Crippen LogP) is 3.74. The van der Waals surface area contributed by atoms with Crippen LogP contribution in [0.15, 0.2) is 53.5 Å². The van der Waals surface area contributed by atoms with Crippen LogP contribution in [0.25, 0.3) is 0 Å². The van der Waals surface area contributed by atoms with E-state index in [2.05, 4.69) is 91.2 Å². The summed E-state index contributed by atoms with van der Waals surface area (Å²) in [6.45, 7) is 8.13. The van der Waals surface area contributed by atoms with Crippen molar-refractivity contribution in [3.63, 3.8) is 0 Å². The van der Waals surface area contributed by atoms with Crippen molar-refractivity contribution in [1.29, 1.82) is 0 Å². The summed E-state index contributed by atoms with van der Waals surface area (Å²) in [5.74, 6) is 1.07. The molecule has 2 aromatic rings. The van der Waals surface area contributed by atoms with E-state index in [0.29, 0.717) is 0 Å². The molecule has 0 atom stereocenters. The number of nitrogens with zero attached hydrogens (tertiary/aromatic N) is 4. The molecule has 4 heteroatoms. The van der Waals surface area contributed by atoms with Gasteiger partial charge in [0.1, 0.15) is 5.84 Å². The van der Waals surface area contributed by atoms with Gasteiger partial charge in [-0.3, -0.25) is 9.89 Å².